The fourth-order valence-corrected chi connectivity index (χ4v) is 2.40. The lowest BCUT2D eigenvalue weighted by atomic mass is 10.0. The van der Waals surface area contributed by atoms with Crippen LogP contribution in [0.15, 0.2) is 46.4 Å². The van der Waals surface area contributed by atoms with E-state index in [1.54, 1.807) is 6.92 Å². The molecule has 1 heterocycles. The van der Waals surface area contributed by atoms with E-state index in [0.29, 0.717) is 5.56 Å². The highest BCUT2D eigenvalue weighted by molar-refractivity contribution is 5.38. The quantitative estimate of drug-likeness (QED) is 0.634. The van der Waals surface area contributed by atoms with Gasteiger partial charge in [0, 0.05) is 23.8 Å². The first kappa shape index (κ1) is 14.7. The van der Waals surface area contributed by atoms with Gasteiger partial charge < -0.3 is 0 Å². The highest BCUT2D eigenvalue weighted by atomic mass is 19.1. The molecule has 3 rings (SSSR count). The molecule has 9 heteroatoms. The minimum absolute atomic E-state index is 0.106. The monoisotopic (exact) mass is 316 g/mol. The van der Waals surface area contributed by atoms with Crippen LogP contribution in [0.1, 0.15) is 12.5 Å². The molecule has 0 saturated heterocycles. The van der Waals surface area contributed by atoms with Crippen molar-refractivity contribution < 1.29 is 14.2 Å². The number of nitro groups is 2. The van der Waals surface area contributed by atoms with Gasteiger partial charge >= 0.3 is 0 Å². The van der Waals surface area contributed by atoms with Crippen LogP contribution in [-0.4, -0.2) is 9.85 Å². The van der Waals surface area contributed by atoms with Gasteiger partial charge in [0.1, 0.15) is 5.36 Å². The van der Waals surface area contributed by atoms with Crippen LogP contribution < -0.4 is 10.7 Å². The summed E-state index contributed by atoms with van der Waals surface area (Å²) in [7, 11) is 0. The van der Waals surface area contributed by atoms with E-state index in [1.807, 2.05) is 0 Å². The number of nitrogens with zero attached hydrogens (tertiary/aromatic N) is 4. The lowest BCUT2D eigenvalue weighted by molar-refractivity contribution is -0.386. The Kier molecular flexibility index (Phi) is 3.13. The molecule has 1 atom stereocenters. The molecule has 0 saturated carbocycles. The van der Waals surface area contributed by atoms with Gasteiger partial charge in [0.25, 0.3) is 11.4 Å². The minimum Gasteiger partial charge on any atom is -0.258 e. The van der Waals surface area contributed by atoms with Crippen molar-refractivity contribution in [3.05, 3.63) is 78.7 Å². The maximum absolute atomic E-state index is 13.9. The average Bonchev–Trinajstić information content (AvgIpc) is 2.87. The van der Waals surface area contributed by atoms with Gasteiger partial charge in [-0.15, -0.1) is 0 Å². The summed E-state index contributed by atoms with van der Waals surface area (Å²) in [4.78, 5) is 28.9. The maximum atomic E-state index is 13.9. The highest BCUT2D eigenvalue weighted by Crippen LogP contribution is 2.29. The predicted octanol–water partition coefficient (Wildman–Crippen LogP) is 1.77. The van der Waals surface area contributed by atoms with Gasteiger partial charge in [0.05, 0.1) is 9.85 Å². The number of benzene rings is 2. The number of non-ortho nitro benzene ring substituents is 2. The third-order valence-corrected chi connectivity index (χ3v) is 3.56. The summed E-state index contributed by atoms with van der Waals surface area (Å²) in [6, 6.07) is 7.45. The van der Waals surface area contributed by atoms with Crippen LogP contribution in [0.3, 0.4) is 0 Å². The second-order valence-corrected chi connectivity index (χ2v) is 5.07. The van der Waals surface area contributed by atoms with E-state index in [1.165, 1.54) is 24.3 Å². The van der Waals surface area contributed by atoms with E-state index in [2.05, 4.69) is 9.98 Å². The lowest BCUT2D eigenvalue weighted by Gasteiger charge is -2.17. The summed E-state index contributed by atoms with van der Waals surface area (Å²) in [6.45, 7) is 1.55. The Bertz CT molecular complexity index is 958. The van der Waals surface area contributed by atoms with Gasteiger partial charge in [-0.2, -0.15) is 0 Å². The van der Waals surface area contributed by atoms with E-state index >= 15 is 0 Å². The Morgan fingerprint density at radius 3 is 2.13 bits per heavy atom. The SMILES string of the molecule is CC1(c2ccc([N+](=O)[O-])cc2)N=c2c(F)ccc([N+](=O)[O-])c2=N1. The van der Waals surface area contributed by atoms with Crippen molar-refractivity contribution in [2.75, 3.05) is 0 Å². The number of hydrogen-bond acceptors (Lipinski definition) is 6. The van der Waals surface area contributed by atoms with Crippen LogP contribution in [0.5, 0.6) is 0 Å². The smallest absolute Gasteiger partial charge is 0.258 e. The first-order valence-electron chi connectivity index (χ1n) is 6.49. The fraction of sp³-hybridized carbons (Fsp3) is 0.143. The topological polar surface area (TPSA) is 111 Å². The molecule has 0 radical (unpaired) electrons. The van der Waals surface area contributed by atoms with Gasteiger partial charge in [-0.1, -0.05) is 0 Å². The summed E-state index contributed by atoms with van der Waals surface area (Å²) in [5.41, 5.74) is -1.25. The molecule has 1 aliphatic heterocycles. The first-order valence-corrected chi connectivity index (χ1v) is 6.49. The van der Waals surface area contributed by atoms with Crippen molar-refractivity contribution in [2.45, 2.75) is 12.6 Å². The molecule has 0 aliphatic carbocycles. The van der Waals surface area contributed by atoms with Crippen LogP contribution in [0.2, 0.25) is 0 Å². The van der Waals surface area contributed by atoms with Gasteiger partial charge in [0.2, 0.25) is 0 Å². The summed E-state index contributed by atoms with van der Waals surface area (Å²) in [5.74, 6) is -0.708. The number of rotatable bonds is 3. The molecule has 1 unspecified atom stereocenters. The molecular weight excluding hydrogens is 307 g/mol. The van der Waals surface area contributed by atoms with Gasteiger partial charge in [0.15, 0.2) is 16.8 Å². The Morgan fingerprint density at radius 1 is 0.957 bits per heavy atom. The van der Waals surface area contributed by atoms with Gasteiger partial charge in [-0.05, 0) is 25.1 Å². The molecule has 0 amide bonds. The molecule has 0 fully saturated rings. The Labute approximate surface area is 127 Å². The first-order chi connectivity index (χ1) is 10.8. The van der Waals surface area contributed by atoms with Crippen molar-refractivity contribution in [3.8, 4) is 0 Å². The van der Waals surface area contributed by atoms with Crippen molar-refractivity contribution in [3.63, 3.8) is 0 Å². The predicted molar refractivity (Wildman–Crippen MR) is 75.8 cm³/mol. The fourth-order valence-electron chi connectivity index (χ4n) is 2.40. The summed E-state index contributed by atoms with van der Waals surface area (Å²) < 4.78 is 13.9. The maximum Gasteiger partial charge on any atom is 0.296 e. The molecular formula is C14H9FN4O4. The lowest BCUT2D eigenvalue weighted by Crippen LogP contribution is -2.28. The number of halogens is 1. The van der Waals surface area contributed by atoms with Crippen LogP contribution in [-0.2, 0) is 5.66 Å². The van der Waals surface area contributed by atoms with Gasteiger partial charge in [-0.25, -0.2) is 14.4 Å². The van der Waals surface area contributed by atoms with Crippen molar-refractivity contribution >= 4 is 11.4 Å². The van der Waals surface area contributed by atoms with E-state index in [-0.39, 0.29) is 22.1 Å². The van der Waals surface area contributed by atoms with Gasteiger partial charge in [-0.3, -0.25) is 20.2 Å². The van der Waals surface area contributed by atoms with E-state index < -0.39 is 21.3 Å². The summed E-state index contributed by atoms with van der Waals surface area (Å²) >= 11 is 0. The van der Waals surface area contributed by atoms with E-state index in [0.717, 1.165) is 12.1 Å². The highest BCUT2D eigenvalue weighted by Gasteiger charge is 2.32. The molecule has 2 aromatic carbocycles. The number of fused-ring (bicyclic) bond motifs is 1. The largest absolute Gasteiger partial charge is 0.296 e. The number of hydrogen-bond donors (Lipinski definition) is 0. The van der Waals surface area contributed by atoms with Crippen LogP contribution >= 0.6 is 0 Å². The van der Waals surface area contributed by atoms with Crippen LogP contribution in [0.25, 0.3) is 0 Å². The molecule has 116 valence electrons. The Balaban J connectivity index is 2.19. The average molecular weight is 316 g/mol. The van der Waals surface area contributed by atoms with Crippen molar-refractivity contribution in [1.82, 2.24) is 0 Å². The molecule has 0 aromatic heterocycles. The molecule has 2 aromatic rings. The molecule has 0 N–H and O–H groups in total. The zero-order valence-electron chi connectivity index (χ0n) is 11.8. The molecule has 0 bridgehead atoms. The van der Waals surface area contributed by atoms with E-state index in [9.17, 15) is 24.6 Å². The van der Waals surface area contributed by atoms with Crippen LogP contribution in [0.4, 0.5) is 15.8 Å². The second kappa shape index (κ2) is 4.90. The number of nitro benzene ring substituents is 2. The second-order valence-electron chi connectivity index (χ2n) is 5.07. The Hall–Kier alpha value is -3.23. The normalized spacial score (nSPS) is 18.7. The third-order valence-electron chi connectivity index (χ3n) is 3.56. The van der Waals surface area contributed by atoms with Crippen molar-refractivity contribution in [2.24, 2.45) is 9.98 Å². The molecule has 0 spiro atoms. The summed E-state index contributed by atoms with van der Waals surface area (Å²) in [5, 5.41) is 21.4. The zero-order valence-corrected chi connectivity index (χ0v) is 11.8. The molecule has 23 heavy (non-hydrogen) atoms. The van der Waals surface area contributed by atoms with Crippen LogP contribution in [0, 0.1) is 26.0 Å². The summed E-state index contributed by atoms with van der Waals surface area (Å²) in [6.07, 6.45) is 0. The third kappa shape index (κ3) is 2.31. The standard InChI is InChI=1S/C14H9FN4O4/c1-14(8-2-4-9(5-3-8)18(20)21)16-12-10(15)6-7-11(19(22)23)13(12)17-14/h2-7H,1H3. The van der Waals surface area contributed by atoms with E-state index in [4.69, 9.17) is 0 Å². The van der Waals surface area contributed by atoms with Crippen molar-refractivity contribution in [1.29, 1.82) is 0 Å². The molecule has 8 nitrogen and oxygen atoms in total. The minimum atomic E-state index is -1.27. The zero-order chi connectivity index (χ0) is 16.8. The Morgan fingerprint density at radius 2 is 1.57 bits per heavy atom. The molecule has 1 aliphatic rings.